The largest absolute Gasteiger partial charge is 0.352 e. The Hall–Kier alpha value is -1.88. The molecule has 0 spiro atoms. The van der Waals surface area contributed by atoms with Gasteiger partial charge in [0.05, 0.1) is 12.0 Å². The lowest BCUT2D eigenvalue weighted by atomic mass is 10.0. The fourth-order valence-corrected chi connectivity index (χ4v) is 3.49. The second kappa shape index (κ2) is 7.13. The number of hydrogen-bond donors (Lipinski definition) is 2. The molecule has 0 radical (unpaired) electrons. The van der Waals surface area contributed by atoms with Crippen LogP contribution in [0.25, 0.3) is 0 Å². The van der Waals surface area contributed by atoms with E-state index in [1.54, 1.807) is 0 Å². The Morgan fingerprint density at radius 3 is 2.83 bits per heavy atom. The van der Waals surface area contributed by atoms with E-state index in [2.05, 4.69) is 10.6 Å². The first kappa shape index (κ1) is 16.0. The minimum atomic E-state index is -0.226. The van der Waals surface area contributed by atoms with E-state index in [-0.39, 0.29) is 29.8 Å². The molecule has 1 aromatic rings. The summed E-state index contributed by atoms with van der Waals surface area (Å²) in [6, 6.07) is 10.2. The van der Waals surface area contributed by atoms with E-state index in [4.69, 9.17) is 0 Å². The molecule has 5 heteroatoms. The number of benzene rings is 1. The highest BCUT2D eigenvalue weighted by Gasteiger charge is 2.37. The predicted molar refractivity (Wildman–Crippen MR) is 88.7 cm³/mol. The number of nitrogens with one attached hydrogen (secondary N) is 2. The maximum absolute atomic E-state index is 12.4. The molecule has 23 heavy (non-hydrogen) atoms. The molecule has 2 saturated heterocycles. The summed E-state index contributed by atoms with van der Waals surface area (Å²) < 4.78 is 0. The van der Waals surface area contributed by atoms with E-state index in [0.717, 1.165) is 31.5 Å². The molecule has 2 N–H and O–H groups in total. The molecule has 5 nitrogen and oxygen atoms in total. The Kier molecular flexibility index (Phi) is 4.96. The van der Waals surface area contributed by atoms with E-state index in [0.29, 0.717) is 13.0 Å². The van der Waals surface area contributed by atoms with Crippen LogP contribution in [0.2, 0.25) is 0 Å². The van der Waals surface area contributed by atoms with Gasteiger partial charge in [-0.3, -0.25) is 9.59 Å². The Bertz CT molecular complexity index is 555. The van der Waals surface area contributed by atoms with Crippen LogP contribution in [0.3, 0.4) is 0 Å². The predicted octanol–water partition coefficient (Wildman–Crippen LogP) is 1.46. The smallest absolute Gasteiger partial charge is 0.225 e. The van der Waals surface area contributed by atoms with Crippen molar-refractivity contribution in [3.05, 3.63) is 35.9 Å². The second-order valence-electron chi connectivity index (χ2n) is 6.59. The average Bonchev–Trinajstić information content (AvgIpc) is 2.98. The number of hydrogen-bond acceptors (Lipinski definition) is 3. The maximum Gasteiger partial charge on any atom is 0.225 e. The molecule has 2 amide bonds. The highest BCUT2D eigenvalue weighted by molar-refractivity contribution is 5.89. The second-order valence-corrected chi connectivity index (χ2v) is 6.59. The van der Waals surface area contributed by atoms with Gasteiger partial charge in [0.1, 0.15) is 0 Å². The summed E-state index contributed by atoms with van der Waals surface area (Å²) in [4.78, 5) is 26.6. The first-order valence-electron chi connectivity index (χ1n) is 8.50. The van der Waals surface area contributed by atoms with Crippen molar-refractivity contribution in [2.45, 2.75) is 38.3 Å². The van der Waals surface area contributed by atoms with Crippen molar-refractivity contribution in [2.75, 3.05) is 19.6 Å². The minimum Gasteiger partial charge on any atom is -0.352 e. The molecule has 2 heterocycles. The normalized spacial score (nSPS) is 26.1. The molecular formula is C18H25N3O2. The third-order valence-corrected chi connectivity index (χ3v) is 4.92. The molecule has 124 valence electrons. The van der Waals surface area contributed by atoms with Gasteiger partial charge in [-0.25, -0.2) is 0 Å². The zero-order valence-electron chi connectivity index (χ0n) is 13.6. The van der Waals surface area contributed by atoms with Crippen LogP contribution >= 0.6 is 0 Å². The van der Waals surface area contributed by atoms with Gasteiger partial charge in [0.15, 0.2) is 0 Å². The number of carbonyl (C=O) groups is 2. The standard InChI is InChI=1S/C18H25N3O2/c1-13(14-6-3-2-4-7-14)21-12-15(10-17(21)22)18(23)20-16-8-5-9-19-11-16/h2-4,6-7,13,15-16,19H,5,8-12H2,1H3,(H,20,23)/t13?,15?,16-/m0/s1. The summed E-state index contributed by atoms with van der Waals surface area (Å²) in [6.45, 7) is 4.40. The van der Waals surface area contributed by atoms with Crippen LogP contribution in [0.1, 0.15) is 37.8 Å². The Labute approximate surface area is 137 Å². The number of carbonyl (C=O) groups excluding carboxylic acids is 2. The number of likely N-dealkylation sites (tertiary alicyclic amines) is 1. The van der Waals surface area contributed by atoms with Crippen molar-refractivity contribution in [1.82, 2.24) is 15.5 Å². The van der Waals surface area contributed by atoms with Gasteiger partial charge in [-0.1, -0.05) is 30.3 Å². The van der Waals surface area contributed by atoms with E-state index in [1.807, 2.05) is 42.2 Å². The van der Waals surface area contributed by atoms with Crippen LogP contribution in [-0.2, 0) is 9.59 Å². The highest BCUT2D eigenvalue weighted by Crippen LogP contribution is 2.28. The van der Waals surface area contributed by atoms with Gasteiger partial charge in [0.25, 0.3) is 0 Å². The van der Waals surface area contributed by atoms with Gasteiger partial charge in [0, 0.05) is 25.6 Å². The van der Waals surface area contributed by atoms with E-state index < -0.39 is 0 Å². The molecule has 0 aliphatic carbocycles. The number of piperidine rings is 1. The van der Waals surface area contributed by atoms with E-state index >= 15 is 0 Å². The Morgan fingerprint density at radius 2 is 2.13 bits per heavy atom. The van der Waals surface area contributed by atoms with Crippen LogP contribution < -0.4 is 10.6 Å². The molecule has 0 aromatic heterocycles. The van der Waals surface area contributed by atoms with Crippen LogP contribution in [0.5, 0.6) is 0 Å². The first-order valence-corrected chi connectivity index (χ1v) is 8.50. The van der Waals surface area contributed by atoms with Gasteiger partial charge in [0.2, 0.25) is 11.8 Å². The lowest BCUT2D eigenvalue weighted by Gasteiger charge is -2.26. The zero-order chi connectivity index (χ0) is 16.2. The maximum atomic E-state index is 12.4. The molecule has 2 aliphatic rings. The van der Waals surface area contributed by atoms with E-state index in [1.165, 1.54) is 0 Å². The lowest BCUT2D eigenvalue weighted by molar-refractivity contribution is -0.130. The van der Waals surface area contributed by atoms with Gasteiger partial charge in [-0.2, -0.15) is 0 Å². The number of amides is 2. The van der Waals surface area contributed by atoms with Crippen molar-refractivity contribution >= 4 is 11.8 Å². The molecule has 0 bridgehead atoms. The van der Waals surface area contributed by atoms with Crippen molar-refractivity contribution in [3.63, 3.8) is 0 Å². The third-order valence-electron chi connectivity index (χ3n) is 4.92. The third kappa shape index (κ3) is 3.72. The average molecular weight is 315 g/mol. The number of rotatable bonds is 4. The summed E-state index contributed by atoms with van der Waals surface area (Å²) in [6.07, 6.45) is 2.43. The van der Waals surface area contributed by atoms with Crippen molar-refractivity contribution < 1.29 is 9.59 Å². The molecular weight excluding hydrogens is 290 g/mol. The fraction of sp³-hybridized carbons (Fsp3) is 0.556. The fourth-order valence-electron chi connectivity index (χ4n) is 3.49. The molecule has 2 unspecified atom stereocenters. The quantitative estimate of drug-likeness (QED) is 0.884. The molecule has 0 saturated carbocycles. The molecule has 3 atom stereocenters. The summed E-state index contributed by atoms with van der Waals surface area (Å²) >= 11 is 0. The monoisotopic (exact) mass is 315 g/mol. The Morgan fingerprint density at radius 1 is 1.35 bits per heavy atom. The summed E-state index contributed by atoms with van der Waals surface area (Å²) in [5.74, 6) is -0.131. The van der Waals surface area contributed by atoms with Crippen LogP contribution in [0.15, 0.2) is 30.3 Å². The molecule has 2 fully saturated rings. The number of nitrogens with zero attached hydrogens (tertiary/aromatic N) is 1. The lowest BCUT2D eigenvalue weighted by Crippen LogP contribution is -2.47. The topological polar surface area (TPSA) is 61.4 Å². The summed E-state index contributed by atoms with van der Waals surface area (Å²) in [7, 11) is 0. The van der Waals surface area contributed by atoms with Gasteiger partial charge in [-0.05, 0) is 31.9 Å². The summed E-state index contributed by atoms with van der Waals surface area (Å²) in [5.41, 5.74) is 1.11. The van der Waals surface area contributed by atoms with Gasteiger partial charge < -0.3 is 15.5 Å². The molecule has 3 rings (SSSR count). The SMILES string of the molecule is CC(c1ccccc1)N1CC(C(=O)N[C@H]2CCCNC2)CC1=O. The van der Waals surface area contributed by atoms with Crippen molar-refractivity contribution in [3.8, 4) is 0 Å². The summed E-state index contributed by atoms with van der Waals surface area (Å²) in [5, 5.41) is 6.40. The highest BCUT2D eigenvalue weighted by atomic mass is 16.2. The molecule has 2 aliphatic heterocycles. The minimum absolute atomic E-state index is 0.0119. The van der Waals surface area contributed by atoms with Crippen LogP contribution in [0, 0.1) is 5.92 Å². The van der Waals surface area contributed by atoms with Crippen molar-refractivity contribution in [1.29, 1.82) is 0 Å². The van der Waals surface area contributed by atoms with Crippen molar-refractivity contribution in [2.24, 2.45) is 5.92 Å². The van der Waals surface area contributed by atoms with E-state index in [9.17, 15) is 9.59 Å². The zero-order valence-corrected chi connectivity index (χ0v) is 13.6. The van der Waals surface area contributed by atoms with Crippen LogP contribution in [0.4, 0.5) is 0 Å². The van der Waals surface area contributed by atoms with Crippen LogP contribution in [-0.4, -0.2) is 42.4 Å². The van der Waals surface area contributed by atoms with Gasteiger partial charge in [-0.15, -0.1) is 0 Å². The molecule has 1 aromatic carbocycles. The first-order chi connectivity index (χ1) is 11.1. The van der Waals surface area contributed by atoms with Gasteiger partial charge >= 0.3 is 0 Å². The Balaban J connectivity index is 1.59.